The Bertz CT molecular complexity index is 1190. The standard InChI is InChI=1S/C19H12F3N3OS/c20-19(21,22)13-3-1-2-4-14(13)25-15-9-10-23-18(26)16(15)17(24-25)11-5-7-12(27)8-6-11/h1-10,27H,(H,23,26). The van der Waals surface area contributed by atoms with Gasteiger partial charge >= 0.3 is 6.18 Å². The number of fused-ring (bicyclic) bond motifs is 1. The number of nitrogens with zero attached hydrogens (tertiary/aromatic N) is 2. The first-order valence-corrected chi connectivity index (χ1v) is 8.37. The fourth-order valence-corrected chi connectivity index (χ4v) is 3.13. The molecule has 8 heteroatoms. The van der Waals surface area contributed by atoms with E-state index in [0.717, 1.165) is 15.6 Å². The van der Waals surface area contributed by atoms with Gasteiger partial charge in [-0.3, -0.25) is 4.79 Å². The molecule has 0 amide bonds. The number of rotatable bonds is 2. The predicted molar refractivity (Wildman–Crippen MR) is 99.4 cm³/mol. The predicted octanol–water partition coefficient (Wildman–Crippen LogP) is 4.69. The Balaban J connectivity index is 2.07. The molecule has 1 N–H and O–H groups in total. The van der Waals surface area contributed by atoms with E-state index < -0.39 is 17.3 Å². The molecule has 0 bridgehead atoms. The van der Waals surface area contributed by atoms with Gasteiger partial charge in [0.15, 0.2) is 0 Å². The van der Waals surface area contributed by atoms with Crippen molar-refractivity contribution in [3.05, 3.63) is 76.7 Å². The van der Waals surface area contributed by atoms with Gasteiger partial charge in [-0.05, 0) is 30.3 Å². The molecule has 2 aromatic heterocycles. The van der Waals surface area contributed by atoms with E-state index in [0.29, 0.717) is 16.8 Å². The highest BCUT2D eigenvalue weighted by molar-refractivity contribution is 7.80. The summed E-state index contributed by atoms with van der Waals surface area (Å²) >= 11 is 4.23. The lowest BCUT2D eigenvalue weighted by molar-refractivity contribution is -0.137. The summed E-state index contributed by atoms with van der Waals surface area (Å²) in [6.07, 6.45) is -3.16. The third-order valence-electron chi connectivity index (χ3n) is 4.18. The molecule has 0 aliphatic heterocycles. The average Bonchev–Trinajstić information content (AvgIpc) is 3.02. The van der Waals surface area contributed by atoms with Crippen molar-refractivity contribution >= 4 is 23.5 Å². The summed E-state index contributed by atoms with van der Waals surface area (Å²) in [5.41, 5.74) is -0.187. The molecule has 0 aliphatic rings. The van der Waals surface area contributed by atoms with E-state index in [9.17, 15) is 18.0 Å². The molecule has 0 saturated carbocycles. The first-order chi connectivity index (χ1) is 12.9. The molecule has 0 radical (unpaired) electrons. The Kier molecular flexibility index (Phi) is 4.07. The van der Waals surface area contributed by atoms with E-state index in [1.54, 1.807) is 24.3 Å². The van der Waals surface area contributed by atoms with Gasteiger partial charge in [-0.1, -0.05) is 24.3 Å². The number of benzene rings is 2. The molecule has 4 nitrogen and oxygen atoms in total. The lowest BCUT2D eigenvalue weighted by atomic mass is 10.1. The number of para-hydroxylation sites is 1. The topological polar surface area (TPSA) is 50.7 Å². The maximum absolute atomic E-state index is 13.5. The van der Waals surface area contributed by atoms with Gasteiger partial charge in [0.2, 0.25) is 0 Å². The van der Waals surface area contributed by atoms with Gasteiger partial charge in [0, 0.05) is 16.7 Å². The molecule has 4 rings (SSSR count). The first kappa shape index (κ1) is 17.4. The maximum Gasteiger partial charge on any atom is 0.418 e. The van der Waals surface area contributed by atoms with Crippen LogP contribution in [-0.4, -0.2) is 14.8 Å². The molecule has 0 spiro atoms. The molecule has 0 aliphatic carbocycles. The van der Waals surface area contributed by atoms with Crippen LogP contribution in [0.1, 0.15) is 5.56 Å². The third-order valence-corrected chi connectivity index (χ3v) is 4.48. The number of thiol groups is 1. The number of aromatic amines is 1. The van der Waals surface area contributed by atoms with Crippen LogP contribution in [0.25, 0.3) is 27.8 Å². The first-order valence-electron chi connectivity index (χ1n) is 7.92. The summed E-state index contributed by atoms with van der Waals surface area (Å²) in [4.78, 5) is 15.7. The van der Waals surface area contributed by atoms with Gasteiger partial charge in [-0.25, -0.2) is 4.68 Å². The van der Waals surface area contributed by atoms with Crippen LogP contribution in [0.2, 0.25) is 0 Å². The lowest BCUT2D eigenvalue weighted by Crippen LogP contribution is -2.11. The number of hydrogen-bond acceptors (Lipinski definition) is 3. The Labute approximate surface area is 156 Å². The minimum absolute atomic E-state index is 0.141. The fraction of sp³-hybridized carbons (Fsp3) is 0.0526. The van der Waals surface area contributed by atoms with Crippen LogP contribution < -0.4 is 5.56 Å². The van der Waals surface area contributed by atoms with Gasteiger partial charge < -0.3 is 4.98 Å². The van der Waals surface area contributed by atoms with Gasteiger partial charge in [0.05, 0.1) is 22.2 Å². The normalized spacial score (nSPS) is 11.9. The van der Waals surface area contributed by atoms with Crippen LogP contribution in [-0.2, 0) is 6.18 Å². The second-order valence-corrected chi connectivity index (χ2v) is 6.41. The molecule has 27 heavy (non-hydrogen) atoms. The molecule has 0 unspecified atom stereocenters. The Hall–Kier alpha value is -3.00. The molecule has 2 heterocycles. The lowest BCUT2D eigenvalue weighted by Gasteiger charge is -2.13. The highest BCUT2D eigenvalue weighted by Gasteiger charge is 2.34. The summed E-state index contributed by atoms with van der Waals surface area (Å²) in [7, 11) is 0. The fourth-order valence-electron chi connectivity index (χ4n) is 2.98. The second-order valence-electron chi connectivity index (χ2n) is 5.89. The molecule has 136 valence electrons. The van der Waals surface area contributed by atoms with Gasteiger partial charge in [0.1, 0.15) is 5.69 Å². The SMILES string of the molecule is O=c1[nH]ccc2c1c(-c1ccc(S)cc1)nn2-c1ccccc1C(F)(F)F. The van der Waals surface area contributed by atoms with Crippen molar-refractivity contribution in [1.29, 1.82) is 0 Å². The quantitative estimate of drug-likeness (QED) is 0.491. The molecule has 0 saturated heterocycles. The number of hydrogen-bond donors (Lipinski definition) is 2. The summed E-state index contributed by atoms with van der Waals surface area (Å²) in [6.45, 7) is 0. The Morgan fingerprint density at radius 1 is 1.00 bits per heavy atom. The number of nitrogens with one attached hydrogen (secondary N) is 1. The van der Waals surface area contributed by atoms with E-state index in [2.05, 4.69) is 22.7 Å². The van der Waals surface area contributed by atoms with E-state index in [4.69, 9.17) is 0 Å². The van der Waals surface area contributed by atoms with E-state index in [1.165, 1.54) is 30.5 Å². The summed E-state index contributed by atoms with van der Waals surface area (Å²) in [6, 6.07) is 13.6. The van der Waals surface area contributed by atoms with Crippen LogP contribution >= 0.6 is 12.6 Å². The van der Waals surface area contributed by atoms with Crippen LogP contribution in [0, 0.1) is 0 Å². The molecule has 0 fully saturated rings. The number of H-pyrrole nitrogens is 1. The zero-order valence-electron chi connectivity index (χ0n) is 13.7. The van der Waals surface area contributed by atoms with Crippen molar-refractivity contribution in [2.24, 2.45) is 0 Å². The van der Waals surface area contributed by atoms with Crippen molar-refractivity contribution in [1.82, 2.24) is 14.8 Å². The van der Waals surface area contributed by atoms with Crippen LogP contribution in [0.4, 0.5) is 13.2 Å². The summed E-state index contributed by atoms with van der Waals surface area (Å²) in [5.74, 6) is 0. The summed E-state index contributed by atoms with van der Waals surface area (Å²) in [5, 5.41) is 4.59. The number of alkyl halides is 3. The minimum atomic E-state index is -4.55. The van der Waals surface area contributed by atoms with Crippen molar-refractivity contribution in [3.8, 4) is 16.9 Å². The second kappa shape index (κ2) is 6.31. The molecular formula is C19H12F3N3OS. The molecular weight excluding hydrogens is 375 g/mol. The molecule has 4 aromatic rings. The van der Waals surface area contributed by atoms with Crippen molar-refractivity contribution in [3.63, 3.8) is 0 Å². The van der Waals surface area contributed by atoms with Crippen molar-refractivity contribution < 1.29 is 13.2 Å². The van der Waals surface area contributed by atoms with Gasteiger partial charge in [-0.15, -0.1) is 12.6 Å². The highest BCUT2D eigenvalue weighted by Crippen LogP contribution is 2.36. The monoisotopic (exact) mass is 387 g/mol. The van der Waals surface area contributed by atoms with Crippen LogP contribution in [0.15, 0.2) is 70.5 Å². The highest BCUT2D eigenvalue weighted by atomic mass is 32.1. The average molecular weight is 387 g/mol. The molecule has 2 aromatic carbocycles. The van der Waals surface area contributed by atoms with Crippen molar-refractivity contribution in [2.75, 3.05) is 0 Å². The smallest absolute Gasteiger partial charge is 0.328 e. The van der Waals surface area contributed by atoms with E-state index in [1.807, 2.05) is 0 Å². The number of halogens is 3. The third kappa shape index (κ3) is 3.02. The largest absolute Gasteiger partial charge is 0.418 e. The van der Waals surface area contributed by atoms with Gasteiger partial charge in [0.25, 0.3) is 5.56 Å². The van der Waals surface area contributed by atoms with E-state index in [-0.39, 0.29) is 11.1 Å². The minimum Gasteiger partial charge on any atom is -0.328 e. The Morgan fingerprint density at radius 3 is 2.41 bits per heavy atom. The Morgan fingerprint density at radius 2 is 1.70 bits per heavy atom. The van der Waals surface area contributed by atoms with E-state index >= 15 is 0 Å². The molecule has 0 atom stereocenters. The van der Waals surface area contributed by atoms with Crippen LogP contribution in [0.5, 0.6) is 0 Å². The number of aromatic nitrogens is 3. The van der Waals surface area contributed by atoms with Gasteiger partial charge in [-0.2, -0.15) is 18.3 Å². The maximum atomic E-state index is 13.5. The number of pyridine rings is 1. The zero-order valence-corrected chi connectivity index (χ0v) is 14.6. The zero-order chi connectivity index (χ0) is 19.2. The summed E-state index contributed by atoms with van der Waals surface area (Å²) < 4.78 is 41.6. The van der Waals surface area contributed by atoms with Crippen LogP contribution in [0.3, 0.4) is 0 Å². The van der Waals surface area contributed by atoms with Crippen molar-refractivity contribution in [2.45, 2.75) is 11.1 Å².